The molecule has 0 amide bonds. The van der Waals surface area contributed by atoms with Gasteiger partial charge in [-0.25, -0.2) is 0 Å². The second-order valence-electron chi connectivity index (χ2n) is 6.27. The van der Waals surface area contributed by atoms with Crippen molar-refractivity contribution in [3.8, 4) is 0 Å². The summed E-state index contributed by atoms with van der Waals surface area (Å²) in [5, 5.41) is 6.80. The number of piperidine rings is 1. The van der Waals surface area contributed by atoms with Crippen molar-refractivity contribution in [2.75, 3.05) is 26.2 Å². The minimum Gasteiger partial charge on any atom is -0.357 e. The molecule has 0 aromatic carbocycles. The van der Waals surface area contributed by atoms with Gasteiger partial charge in [0, 0.05) is 25.2 Å². The number of likely N-dealkylation sites (tertiary alicyclic amines) is 1. The fraction of sp³-hybridized carbons (Fsp3) is 0.938. The summed E-state index contributed by atoms with van der Waals surface area (Å²) in [7, 11) is 0. The minimum absolute atomic E-state index is 0. The van der Waals surface area contributed by atoms with E-state index in [2.05, 4.69) is 34.4 Å². The Morgan fingerprint density at radius 3 is 2.67 bits per heavy atom. The zero-order valence-electron chi connectivity index (χ0n) is 13.7. The van der Waals surface area contributed by atoms with Gasteiger partial charge in [0.15, 0.2) is 5.96 Å². The van der Waals surface area contributed by atoms with Crippen LogP contribution in [0.3, 0.4) is 0 Å². The largest absolute Gasteiger partial charge is 0.357 e. The third-order valence-corrected chi connectivity index (χ3v) is 4.33. The molecular formula is C16H33IN4. The molecule has 4 nitrogen and oxygen atoms in total. The number of rotatable bonds is 7. The lowest BCUT2D eigenvalue weighted by Gasteiger charge is -2.33. The van der Waals surface area contributed by atoms with Gasteiger partial charge < -0.3 is 15.5 Å². The summed E-state index contributed by atoms with van der Waals surface area (Å²) >= 11 is 0. The summed E-state index contributed by atoms with van der Waals surface area (Å²) in [6.45, 7) is 8.95. The number of nitrogens with zero attached hydrogens (tertiary/aromatic N) is 2. The van der Waals surface area contributed by atoms with Gasteiger partial charge in [0.25, 0.3) is 0 Å². The molecule has 2 fully saturated rings. The Kier molecular flexibility index (Phi) is 9.64. The van der Waals surface area contributed by atoms with E-state index in [1.165, 1.54) is 58.0 Å². The molecule has 21 heavy (non-hydrogen) atoms. The number of guanidine groups is 1. The van der Waals surface area contributed by atoms with Gasteiger partial charge in [0.2, 0.25) is 0 Å². The summed E-state index contributed by atoms with van der Waals surface area (Å²) < 4.78 is 0. The van der Waals surface area contributed by atoms with Crippen LogP contribution in [0.15, 0.2) is 4.99 Å². The standard InChI is InChI=1S/C16H32N4.HI/c1-3-17-16(19-15-9-10-15)18-11-5-7-13-20-12-6-4-8-14(20)2;/h14-15H,3-13H2,1-2H3,(H2,17,18,19);1H. The van der Waals surface area contributed by atoms with Crippen molar-refractivity contribution in [2.24, 2.45) is 4.99 Å². The predicted molar refractivity (Wildman–Crippen MR) is 102 cm³/mol. The van der Waals surface area contributed by atoms with Crippen LogP contribution in [-0.4, -0.2) is 49.1 Å². The third-order valence-electron chi connectivity index (χ3n) is 4.33. The van der Waals surface area contributed by atoms with Crippen molar-refractivity contribution in [3.05, 3.63) is 0 Å². The lowest BCUT2D eigenvalue weighted by Crippen LogP contribution is -2.39. The summed E-state index contributed by atoms with van der Waals surface area (Å²) in [5.74, 6) is 1.02. The average molecular weight is 408 g/mol. The lowest BCUT2D eigenvalue weighted by molar-refractivity contribution is 0.158. The Hall–Kier alpha value is -0.0400. The molecule has 2 N–H and O–H groups in total. The second kappa shape index (κ2) is 10.6. The Bertz CT molecular complexity index is 305. The van der Waals surface area contributed by atoms with Gasteiger partial charge in [0.05, 0.1) is 0 Å². The first-order valence-corrected chi connectivity index (χ1v) is 8.58. The van der Waals surface area contributed by atoms with Crippen molar-refractivity contribution < 1.29 is 0 Å². The fourth-order valence-corrected chi connectivity index (χ4v) is 2.85. The van der Waals surface area contributed by atoms with E-state index in [0.29, 0.717) is 6.04 Å². The van der Waals surface area contributed by atoms with Gasteiger partial charge >= 0.3 is 0 Å². The minimum atomic E-state index is 0. The number of nitrogens with one attached hydrogen (secondary N) is 2. The molecule has 1 atom stereocenters. The van der Waals surface area contributed by atoms with E-state index in [-0.39, 0.29) is 24.0 Å². The first-order valence-electron chi connectivity index (χ1n) is 8.58. The maximum atomic E-state index is 4.67. The summed E-state index contributed by atoms with van der Waals surface area (Å²) in [6, 6.07) is 1.48. The smallest absolute Gasteiger partial charge is 0.191 e. The molecule has 0 radical (unpaired) electrons. The summed E-state index contributed by atoms with van der Waals surface area (Å²) in [6.07, 6.45) is 9.27. The Morgan fingerprint density at radius 2 is 2.00 bits per heavy atom. The summed E-state index contributed by atoms with van der Waals surface area (Å²) in [4.78, 5) is 7.32. The molecule has 1 unspecified atom stereocenters. The first-order chi connectivity index (χ1) is 9.79. The molecule has 1 saturated heterocycles. The van der Waals surface area contributed by atoms with Gasteiger partial charge in [-0.2, -0.15) is 0 Å². The molecule has 2 aliphatic rings. The van der Waals surface area contributed by atoms with Crippen LogP contribution in [0.4, 0.5) is 0 Å². The summed E-state index contributed by atoms with van der Waals surface area (Å²) in [5.41, 5.74) is 0. The monoisotopic (exact) mass is 408 g/mol. The van der Waals surface area contributed by atoms with E-state index in [1.807, 2.05) is 0 Å². The normalized spacial score (nSPS) is 23.5. The van der Waals surface area contributed by atoms with E-state index in [1.54, 1.807) is 0 Å². The molecule has 1 heterocycles. The SMILES string of the molecule is CCNC(=NCCCCN1CCCCC1C)NC1CC1.I. The maximum Gasteiger partial charge on any atom is 0.191 e. The number of unbranched alkanes of at least 4 members (excludes halogenated alkanes) is 1. The van der Waals surface area contributed by atoms with Crippen LogP contribution in [0, 0.1) is 0 Å². The van der Waals surface area contributed by atoms with E-state index >= 15 is 0 Å². The Morgan fingerprint density at radius 1 is 1.19 bits per heavy atom. The molecule has 0 bridgehead atoms. The van der Waals surface area contributed by atoms with Gasteiger partial charge in [-0.15, -0.1) is 24.0 Å². The molecule has 0 aromatic heterocycles. The van der Waals surface area contributed by atoms with Crippen LogP contribution in [-0.2, 0) is 0 Å². The van der Waals surface area contributed by atoms with Crippen molar-refractivity contribution >= 4 is 29.9 Å². The van der Waals surface area contributed by atoms with Crippen LogP contribution >= 0.6 is 24.0 Å². The van der Waals surface area contributed by atoms with E-state index in [9.17, 15) is 0 Å². The van der Waals surface area contributed by atoms with Crippen molar-refractivity contribution in [1.29, 1.82) is 0 Å². The van der Waals surface area contributed by atoms with Crippen molar-refractivity contribution in [1.82, 2.24) is 15.5 Å². The number of halogens is 1. The van der Waals surface area contributed by atoms with Crippen LogP contribution in [0.25, 0.3) is 0 Å². The quantitative estimate of drug-likeness (QED) is 0.295. The molecule has 2 rings (SSSR count). The predicted octanol–water partition coefficient (Wildman–Crippen LogP) is 2.98. The van der Waals surface area contributed by atoms with Crippen LogP contribution in [0.5, 0.6) is 0 Å². The zero-order chi connectivity index (χ0) is 14.2. The highest BCUT2D eigenvalue weighted by Gasteiger charge is 2.22. The Labute approximate surface area is 147 Å². The molecule has 5 heteroatoms. The van der Waals surface area contributed by atoms with Crippen molar-refractivity contribution in [2.45, 2.75) is 70.9 Å². The van der Waals surface area contributed by atoms with E-state index in [0.717, 1.165) is 25.1 Å². The van der Waals surface area contributed by atoms with Gasteiger partial charge in [-0.3, -0.25) is 4.99 Å². The molecule has 1 aliphatic heterocycles. The Balaban J connectivity index is 0.00000220. The van der Waals surface area contributed by atoms with Crippen molar-refractivity contribution in [3.63, 3.8) is 0 Å². The molecule has 124 valence electrons. The van der Waals surface area contributed by atoms with Crippen LogP contribution < -0.4 is 10.6 Å². The van der Waals surface area contributed by atoms with Crippen LogP contribution in [0.1, 0.15) is 58.8 Å². The molecule has 1 aliphatic carbocycles. The zero-order valence-corrected chi connectivity index (χ0v) is 16.1. The molecule has 0 aromatic rings. The van der Waals surface area contributed by atoms with E-state index < -0.39 is 0 Å². The highest BCUT2D eigenvalue weighted by molar-refractivity contribution is 14.0. The maximum absolute atomic E-state index is 4.67. The van der Waals surface area contributed by atoms with E-state index in [4.69, 9.17) is 0 Å². The second-order valence-corrected chi connectivity index (χ2v) is 6.27. The molecule has 0 spiro atoms. The topological polar surface area (TPSA) is 39.7 Å². The molecular weight excluding hydrogens is 375 g/mol. The third kappa shape index (κ3) is 7.68. The average Bonchev–Trinajstić information content (AvgIpc) is 3.24. The molecule has 1 saturated carbocycles. The highest BCUT2D eigenvalue weighted by atomic mass is 127. The van der Waals surface area contributed by atoms with Gasteiger partial charge in [-0.05, 0) is 65.5 Å². The first kappa shape index (κ1) is 19.0. The number of hydrogen-bond acceptors (Lipinski definition) is 2. The number of hydrogen-bond donors (Lipinski definition) is 2. The lowest BCUT2D eigenvalue weighted by atomic mass is 10.0. The number of aliphatic imine (C=N–C) groups is 1. The highest BCUT2D eigenvalue weighted by Crippen LogP contribution is 2.18. The van der Waals surface area contributed by atoms with Crippen LogP contribution in [0.2, 0.25) is 0 Å². The van der Waals surface area contributed by atoms with Gasteiger partial charge in [0.1, 0.15) is 0 Å². The fourth-order valence-electron chi connectivity index (χ4n) is 2.85. The van der Waals surface area contributed by atoms with Gasteiger partial charge in [-0.1, -0.05) is 6.42 Å².